The van der Waals surface area contributed by atoms with Gasteiger partial charge in [-0.05, 0) is 35.8 Å². The third kappa shape index (κ3) is 3.65. The van der Waals surface area contributed by atoms with Crippen LogP contribution in [0.2, 0.25) is 0 Å². The highest BCUT2D eigenvalue weighted by atomic mass is 32.2. The Hall–Kier alpha value is -0.910. The highest BCUT2D eigenvalue weighted by Gasteiger charge is 2.39. The van der Waals surface area contributed by atoms with Crippen LogP contribution in [0.3, 0.4) is 0 Å². The van der Waals surface area contributed by atoms with Crippen LogP contribution in [0.1, 0.15) is 44.2 Å². The molecule has 1 aliphatic rings. The monoisotopic (exact) mass is 310 g/mol. The average molecular weight is 310 g/mol. The molecule has 1 saturated heterocycles. The standard InChI is InChI=1S/C16H26N2O2S/c1-3-16(4-2)9-10-18(13-16)21(19,20)12-15-7-5-14(11-17)6-8-15/h5-8H,3-4,9-13,17H2,1-2H3. The molecule has 2 rings (SSSR count). The van der Waals surface area contributed by atoms with Crippen LogP contribution in [-0.4, -0.2) is 25.8 Å². The molecule has 118 valence electrons. The summed E-state index contributed by atoms with van der Waals surface area (Å²) in [6, 6.07) is 7.53. The van der Waals surface area contributed by atoms with Gasteiger partial charge in [0, 0.05) is 19.6 Å². The molecule has 5 heteroatoms. The van der Waals surface area contributed by atoms with E-state index < -0.39 is 10.0 Å². The Morgan fingerprint density at radius 1 is 1.14 bits per heavy atom. The summed E-state index contributed by atoms with van der Waals surface area (Å²) in [6.07, 6.45) is 3.06. The van der Waals surface area contributed by atoms with E-state index in [1.165, 1.54) is 0 Å². The van der Waals surface area contributed by atoms with E-state index in [-0.39, 0.29) is 11.2 Å². The van der Waals surface area contributed by atoms with Crippen molar-refractivity contribution in [3.05, 3.63) is 35.4 Å². The smallest absolute Gasteiger partial charge is 0.218 e. The molecule has 0 unspecified atom stereocenters. The highest BCUT2D eigenvalue weighted by molar-refractivity contribution is 7.88. The summed E-state index contributed by atoms with van der Waals surface area (Å²) in [7, 11) is -3.22. The number of hydrogen-bond donors (Lipinski definition) is 1. The van der Waals surface area contributed by atoms with Crippen LogP contribution in [0.15, 0.2) is 24.3 Å². The minimum absolute atomic E-state index is 0.0847. The van der Waals surface area contributed by atoms with Gasteiger partial charge in [-0.3, -0.25) is 0 Å². The molecule has 1 heterocycles. The Morgan fingerprint density at radius 3 is 2.19 bits per heavy atom. The van der Waals surface area contributed by atoms with Crippen molar-refractivity contribution in [1.82, 2.24) is 4.31 Å². The van der Waals surface area contributed by atoms with Crippen molar-refractivity contribution < 1.29 is 8.42 Å². The Kier molecular flexibility index (Phi) is 5.07. The summed E-state index contributed by atoms with van der Waals surface area (Å²) in [6.45, 7) is 6.12. The maximum absolute atomic E-state index is 12.6. The van der Waals surface area contributed by atoms with Crippen molar-refractivity contribution in [3.63, 3.8) is 0 Å². The molecule has 1 aromatic rings. The SMILES string of the molecule is CCC1(CC)CCN(S(=O)(=O)Cc2ccc(CN)cc2)C1. The van der Waals surface area contributed by atoms with E-state index in [0.29, 0.717) is 19.6 Å². The molecule has 0 amide bonds. The molecule has 2 N–H and O–H groups in total. The van der Waals surface area contributed by atoms with Gasteiger partial charge in [0.25, 0.3) is 0 Å². The zero-order chi connectivity index (χ0) is 15.5. The molecule has 1 aromatic carbocycles. The second-order valence-electron chi connectivity index (χ2n) is 6.07. The number of rotatable bonds is 6. The van der Waals surface area contributed by atoms with Crippen LogP contribution in [0.5, 0.6) is 0 Å². The first-order chi connectivity index (χ1) is 9.94. The Morgan fingerprint density at radius 2 is 1.71 bits per heavy atom. The van der Waals surface area contributed by atoms with Gasteiger partial charge in [-0.15, -0.1) is 0 Å². The lowest BCUT2D eigenvalue weighted by Crippen LogP contribution is -2.32. The van der Waals surface area contributed by atoms with Gasteiger partial charge in [0.05, 0.1) is 5.75 Å². The minimum Gasteiger partial charge on any atom is -0.326 e. The maximum atomic E-state index is 12.6. The summed E-state index contributed by atoms with van der Waals surface area (Å²) in [5.74, 6) is 0.0847. The number of sulfonamides is 1. The van der Waals surface area contributed by atoms with E-state index >= 15 is 0 Å². The van der Waals surface area contributed by atoms with Crippen LogP contribution >= 0.6 is 0 Å². The highest BCUT2D eigenvalue weighted by Crippen LogP contribution is 2.38. The molecule has 21 heavy (non-hydrogen) atoms. The van der Waals surface area contributed by atoms with Gasteiger partial charge < -0.3 is 5.73 Å². The Balaban J connectivity index is 2.08. The van der Waals surface area contributed by atoms with Crippen molar-refractivity contribution in [2.75, 3.05) is 13.1 Å². The molecule has 0 radical (unpaired) electrons. The van der Waals surface area contributed by atoms with Gasteiger partial charge in [-0.25, -0.2) is 12.7 Å². The summed E-state index contributed by atoms with van der Waals surface area (Å²) in [5, 5.41) is 0. The fourth-order valence-corrected chi connectivity index (χ4v) is 4.67. The molecule has 4 nitrogen and oxygen atoms in total. The number of hydrogen-bond acceptors (Lipinski definition) is 3. The number of benzene rings is 1. The van der Waals surface area contributed by atoms with Gasteiger partial charge >= 0.3 is 0 Å². The van der Waals surface area contributed by atoms with Gasteiger partial charge in [-0.1, -0.05) is 38.1 Å². The predicted octanol–water partition coefficient (Wildman–Crippen LogP) is 2.49. The molecule has 0 atom stereocenters. The first kappa shape index (κ1) is 16.5. The fraction of sp³-hybridized carbons (Fsp3) is 0.625. The van der Waals surface area contributed by atoms with E-state index in [2.05, 4.69) is 13.8 Å². The molecular weight excluding hydrogens is 284 g/mol. The van der Waals surface area contributed by atoms with Gasteiger partial charge in [0.1, 0.15) is 0 Å². The lowest BCUT2D eigenvalue weighted by molar-refractivity contribution is 0.279. The van der Waals surface area contributed by atoms with Crippen LogP contribution in [0.4, 0.5) is 0 Å². The fourth-order valence-electron chi connectivity index (χ4n) is 3.03. The largest absolute Gasteiger partial charge is 0.326 e. The quantitative estimate of drug-likeness (QED) is 0.878. The van der Waals surface area contributed by atoms with Crippen LogP contribution in [0, 0.1) is 5.41 Å². The third-order valence-electron chi connectivity index (χ3n) is 4.90. The van der Waals surface area contributed by atoms with Crippen molar-refractivity contribution in [3.8, 4) is 0 Å². The van der Waals surface area contributed by atoms with Crippen molar-refractivity contribution >= 4 is 10.0 Å². The van der Waals surface area contributed by atoms with Crippen molar-refractivity contribution in [1.29, 1.82) is 0 Å². The number of nitrogens with zero attached hydrogens (tertiary/aromatic N) is 1. The molecule has 0 saturated carbocycles. The molecular formula is C16H26N2O2S. The average Bonchev–Trinajstić information content (AvgIpc) is 2.94. The lowest BCUT2D eigenvalue weighted by atomic mass is 9.82. The first-order valence-electron chi connectivity index (χ1n) is 7.70. The summed E-state index contributed by atoms with van der Waals surface area (Å²) in [5.41, 5.74) is 7.59. The summed E-state index contributed by atoms with van der Waals surface area (Å²) < 4.78 is 26.8. The Bertz CT molecular complexity index is 562. The molecule has 1 aliphatic heterocycles. The van der Waals surface area contributed by atoms with Crippen LogP contribution in [-0.2, 0) is 22.3 Å². The normalized spacial score (nSPS) is 19.0. The van der Waals surface area contributed by atoms with E-state index in [9.17, 15) is 8.42 Å². The third-order valence-corrected chi connectivity index (χ3v) is 6.70. The van der Waals surface area contributed by atoms with E-state index in [4.69, 9.17) is 5.73 Å². The summed E-state index contributed by atoms with van der Waals surface area (Å²) in [4.78, 5) is 0. The zero-order valence-corrected chi connectivity index (χ0v) is 13.8. The van der Waals surface area contributed by atoms with Crippen molar-refractivity contribution in [2.45, 2.75) is 45.4 Å². The second-order valence-corrected chi connectivity index (χ2v) is 8.04. The van der Waals surface area contributed by atoms with E-state index in [0.717, 1.165) is 30.4 Å². The molecule has 0 aromatic heterocycles. The van der Waals surface area contributed by atoms with Gasteiger partial charge in [-0.2, -0.15) is 0 Å². The maximum Gasteiger partial charge on any atom is 0.218 e. The van der Waals surface area contributed by atoms with Gasteiger partial charge in [0.2, 0.25) is 10.0 Å². The summed E-state index contributed by atoms with van der Waals surface area (Å²) >= 11 is 0. The minimum atomic E-state index is -3.22. The predicted molar refractivity (Wildman–Crippen MR) is 86.2 cm³/mol. The first-order valence-corrected chi connectivity index (χ1v) is 9.31. The molecule has 0 spiro atoms. The Labute approximate surface area is 128 Å². The van der Waals surface area contributed by atoms with Crippen LogP contribution < -0.4 is 5.73 Å². The van der Waals surface area contributed by atoms with Crippen LogP contribution in [0.25, 0.3) is 0 Å². The lowest BCUT2D eigenvalue weighted by Gasteiger charge is -2.26. The molecule has 1 fully saturated rings. The van der Waals surface area contributed by atoms with Gasteiger partial charge in [0.15, 0.2) is 0 Å². The topological polar surface area (TPSA) is 63.4 Å². The zero-order valence-electron chi connectivity index (χ0n) is 13.0. The molecule has 0 aliphatic carbocycles. The van der Waals surface area contributed by atoms with Crippen molar-refractivity contribution in [2.24, 2.45) is 11.1 Å². The second kappa shape index (κ2) is 6.46. The van der Waals surface area contributed by atoms with E-state index in [1.807, 2.05) is 24.3 Å². The van der Waals surface area contributed by atoms with E-state index in [1.54, 1.807) is 4.31 Å². The number of nitrogens with two attached hydrogens (primary N) is 1. The molecule has 0 bridgehead atoms.